The van der Waals surface area contributed by atoms with Crippen LogP contribution in [0.15, 0.2) is 0 Å². The zero-order chi connectivity index (χ0) is 7.11. The van der Waals surface area contributed by atoms with Gasteiger partial charge in [0, 0.05) is 12.8 Å². The van der Waals surface area contributed by atoms with Gasteiger partial charge in [-0.3, -0.25) is 4.79 Å². The average Bonchev–Trinajstić information content (AvgIpc) is 1.89. The summed E-state index contributed by atoms with van der Waals surface area (Å²) in [5.74, 6) is 0. The molecule has 0 saturated carbocycles. The molecule has 0 aliphatic carbocycles. The van der Waals surface area contributed by atoms with Gasteiger partial charge in [-0.1, -0.05) is 11.8 Å². The maximum Gasteiger partial charge on any atom is 0.188 e. The van der Waals surface area contributed by atoms with E-state index >= 15 is 0 Å². The summed E-state index contributed by atoms with van der Waals surface area (Å²) in [6, 6.07) is 0. The Kier molecular flexibility index (Phi) is 5.62. The number of hydrogen-bond donors (Lipinski definition) is 0. The Morgan fingerprint density at radius 3 is 2.78 bits per heavy atom. The van der Waals surface area contributed by atoms with Gasteiger partial charge in [-0.25, -0.2) is 0 Å². The highest BCUT2D eigenvalue weighted by molar-refractivity contribution is 8.13. The molecule has 0 rings (SSSR count). The maximum atomic E-state index is 10.5. The summed E-state index contributed by atoms with van der Waals surface area (Å²) in [7, 11) is 0. The van der Waals surface area contributed by atoms with Crippen molar-refractivity contribution in [1.82, 2.24) is 0 Å². The molecule has 0 atom stereocenters. The van der Waals surface area contributed by atoms with Crippen LogP contribution in [0.1, 0.15) is 19.3 Å². The van der Waals surface area contributed by atoms with Gasteiger partial charge in [0.1, 0.15) is 6.29 Å². The fraction of sp³-hybridized carbons (Fsp3) is 0.667. The van der Waals surface area contributed by atoms with Crippen LogP contribution >= 0.6 is 11.8 Å². The van der Waals surface area contributed by atoms with Crippen molar-refractivity contribution in [3.05, 3.63) is 0 Å². The lowest BCUT2D eigenvalue weighted by atomic mass is 10.3. The molecule has 0 aromatic carbocycles. The monoisotopic (exact) mass is 146 g/mol. The summed E-state index contributed by atoms with van der Waals surface area (Å²) in [6.45, 7) is 0. The van der Waals surface area contributed by atoms with Gasteiger partial charge in [-0.2, -0.15) is 0 Å². The van der Waals surface area contributed by atoms with E-state index in [-0.39, 0.29) is 5.12 Å². The quantitative estimate of drug-likeness (QED) is 0.442. The molecule has 0 radical (unpaired) electrons. The molecule has 0 saturated heterocycles. The molecule has 9 heavy (non-hydrogen) atoms. The second-order valence-electron chi connectivity index (χ2n) is 1.64. The third-order valence-electron chi connectivity index (χ3n) is 0.931. The molecule has 52 valence electrons. The summed E-state index contributed by atoms with van der Waals surface area (Å²) in [5.41, 5.74) is 0. The predicted octanol–water partition coefficient (Wildman–Crippen LogP) is 1.25. The Morgan fingerprint density at radius 1 is 1.67 bits per heavy atom. The molecule has 0 fully saturated rings. The summed E-state index contributed by atoms with van der Waals surface area (Å²) >= 11 is 1.22. The van der Waals surface area contributed by atoms with Crippen LogP contribution in [0, 0.1) is 0 Å². The van der Waals surface area contributed by atoms with Crippen LogP contribution in [0.25, 0.3) is 0 Å². The highest BCUT2D eigenvalue weighted by Crippen LogP contribution is 2.03. The van der Waals surface area contributed by atoms with Gasteiger partial charge in [0.05, 0.1) is 0 Å². The molecule has 0 unspecified atom stereocenters. The third-order valence-corrected chi connectivity index (χ3v) is 1.59. The van der Waals surface area contributed by atoms with E-state index in [1.54, 1.807) is 6.26 Å². The van der Waals surface area contributed by atoms with Crippen molar-refractivity contribution in [3.8, 4) is 0 Å². The molecule has 0 amide bonds. The molecule has 0 aliphatic heterocycles. The van der Waals surface area contributed by atoms with E-state index in [4.69, 9.17) is 0 Å². The molecule has 2 nitrogen and oxygen atoms in total. The number of thioether (sulfide) groups is 1. The van der Waals surface area contributed by atoms with Gasteiger partial charge in [-0.05, 0) is 12.7 Å². The molecular formula is C6H10O2S. The second kappa shape index (κ2) is 5.82. The lowest BCUT2D eigenvalue weighted by Gasteiger charge is -1.90. The van der Waals surface area contributed by atoms with Crippen LogP contribution < -0.4 is 0 Å². The van der Waals surface area contributed by atoms with Crippen molar-refractivity contribution in [2.24, 2.45) is 0 Å². The Hall–Kier alpha value is -0.310. The molecule has 0 N–H and O–H groups in total. The maximum absolute atomic E-state index is 10.5. The second-order valence-corrected chi connectivity index (χ2v) is 2.50. The van der Waals surface area contributed by atoms with Crippen LogP contribution in [0.5, 0.6) is 0 Å². The summed E-state index contributed by atoms with van der Waals surface area (Å²) in [5, 5.41) is 0.164. The van der Waals surface area contributed by atoms with Crippen LogP contribution in [0.3, 0.4) is 0 Å². The van der Waals surface area contributed by atoms with Gasteiger partial charge in [0.25, 0.3) is 0 Å². The zero-order valence-corrected chi connectivity index (χ0v) is 6.24. The van der Waals surface area contributed by atoms with Crippen LogP contribution in [-0.2, 0) is 9.59 Å². The molecule has 0 spiro atoms. The first-order chi connectivity index (χ1) is 4.31. The normalized spacial score (nSPS) is 9.00. The third kappa shape index (κ3) is 5.56. The number of rotatable bonds is 4. The van der Waals surface area contributed by atoms with Gasteiger partial charge in [-0.15, -0.1) is 0 Å². The van der Waals surface area contributed by atoms with E-state index in [9.17, 15) is 9.59 Å². The summed E-state index contributed by atoms with van der Waals surface area (Å²) in [4.78, 5) is 20.3. The number of carbonyl (C=O) groups is 2. The Labute approximate surface area is 59.0 Å². The van der Waals surface area contributed by atoms with E-state index < -0.39 is 0 Å². The molecule has 3 heteroatoms. The summed E-state index contributed by atoms with van der Waals surface area (Å²) < 4.78 is 0. The first-order valence-electron chi connectivity index (χ1n) is 2.81. The van der Waals surface area contributed by atoms with E-state index in [0.717, 1.165) is 6.29 Å². The number of carbonyl (C=O) groups excluding carboxylic acids is 2. The van der Waals surface area contributed by atoms with Crippen LogP contribution in [0.4, 0.5) is 0 Å². The highest BCUT2D eigenvalue weighted by atomic mass is 32.2. The van der Waals surface area contributed by atoms with Crippen LogP contribution in [-0.4, -0.2) is 17.7 Å². The van der Waals surface area contributed by atoms with Crippen molar-refractivity contribution in [2.75, 3.05) is 6.26 Å². The highest BCUT2D eigenvalue weighted by Gasteiger charge is 1.96. The van der Waals surface area contributed by atoms with E-state index in [1.807, 2.05) is 0 Å². The standard InChI is InChI=1S/C6H10O2S/c1-9-6(8)4-2-3-5-7/h5H,2-4H2,1H3. The predicted molar refractivity (Wildman–Crippen MR) is 38.4 cm³/mol. The molecule has 0 heterocycles. The average molecular weight is 146 g/mol. The van der Waals surface area contributed by atoms with Crippen molar-refractivity contribution >= 4 is 23.2 Å². The minimum atomic E-state index is 0.164. The molecule has 0 aliphatic rings. The van der Waals surface area contributed by atoms with Crippen molar-refractivity contribution in [2.45, 2.75) is 19.3 Å². The zero-order valence-electron chi connectivity index (χ0n) is 5.42. The Bertz CT molecular complexity index is 101. The number of hydrogen-bond acceptors (Lipinski definition) is 3. The lowest BCUT2D eigenvalue weighted by Crippen LogP contribution is -1.89. The van der Waals surface area contributed by atoms with Gasteiger partial charge in [0.2, 0.25) is 0 Å². The summed E-state index contributed by atoms with van der Waals surface area (Å²) in [6.07, 6.45) is 4.33. The van der Waals surface area contributed by atoms with Gasteiger partial charge in [0.15, 0.2) is 5.12 Å². The Balaban J connectivity index is 3.06. The Morgan fingerprint density at radius 2 is 2.33 bits per heavy atom. The molecular weight excluding hydrogens is 136 g/mol. The molecule has 0 aromatic rings. The fourth-order valence-corrected chi connectivity index (χ4v) is 0.780. The van der Waals surface area contributed by atoms with Crippen molar-refractivity contribution in [1.29, 1.82) is 0 Å². The van der Waals surface area contributed by atoms with Crippen molar-refractivity contribution < 1.29 is 9.59 Å². The van der Waals surface area contributed by atoms with E-state index in [2.05, 4.69) is 0 Å². The minimum absolute atomic E-state index is 0.164. The van der Waals surface area contributed by atoms with Gasteiger partial charge < -0.3 is 4.79 Å². The number of aldehydes is 1. The fourth-order valence-electron chi connectivity index (χ4n) is 0.432. The van der Waals surface area contributed by atoms with Crippen molar-refractivity contribution in [3.63, 3.8) is 0 Å². The molecule has 0 aromatic heterocycles. The topological polar surface area (TPSA) is 34.1 Å². The first-order valence-corrected chi connectivity index (χ1v) is 4.04. The lowest BCUT2D eigenvalue weighted by molar-refractivity contribution is -0.111. The van der Waals surface area contributed by atoms with E-state index in [0.29, 0.717) is 19.3 Å². The largest absolute Gasteiger partial charge is 0.303 e. The van der Waals surface area contributed by atoms with Crippen LogP contribution in [0.2, 0.25) is 0 Å². The van der Waals surface area contributed by atoms with E-state index in [1.165, 1.54) is 11.8 Å². The first kappa shape index (κ1) is 8.69. The minimum Gasteiger partial charge on any atom is -0.303 e. The smallest absolute Gasteiger partial charge is 0.188 e. The number of unbranched alkanes of at least 4 members (excludes halogenated alkanes) is 1. The SMILES string of the molecule is CSC(=O)CCCC=O. The molecule has 0 bridgehead atoms. The van der Waals surface area contributed by atoms with Gasteiger partial charge >= 0.3 is 0 Å².